The van der Waals surface area contributed by atoms with Crippen molar-refractivity contribution in [2.45, 2.75) is 405 Å². The first-order valence-corrected chi connectivity index (χ1v) is 40.2. The van der Waals surface area contributed by atoms with Crippen molar-refractivity contribution in [3.8, 4) is 0 Å². The molecule has 10 heteroatoms. The van der Waals surface area contributed by atoms with E-state index in [9.17, 15) is 19.0 Å². The molecule has 0 aromatic rings. The average Bonchev–Trinajstić information content (AvgIpc) is 3.68. The quantitative estimate of drug-likeness (QED) is 0.0195. The Balaban J connectivity index is 3.90. The van der Waals surface area contributed by atoms with E-state index >= 15 is 0 Å². The van der Waals surface area contributed by atoms with Gasteiger partial charge in [-0.15, -0.1) is 0 Å². The fraction of sp³-hybridized carbons (Fsp3) is 0.897. The van der Waals surface area contributed by atoms with E-state index in [4.69, 9.17) is 18.5 Å². The fourth-order valence-electron chi connectivity index (χ4n) is 11.7. The minimum Gasteiger partial charge on any atom is -0.756 e. The summed E-state index contributed by atoms with van der Waals surface area (Å²) in [5, 5.41) is 0. The number of allylic oxidation sites excluding steroid dienone is 6. The van der Waals surface area contributed by atoms with Gasteiger partial charge in [-0.2, -0.15) is 0 Å². The van der Waals surface area contributed by atoms with E-state index in [0.29, 0.717) is 17.4 Å². The molecule has 0 saturated heterocycles. The monoisotopic (exact) mass is 1260 g/mol. The first-order valence-electron chi connectivity index (χ1n) is 38.7. The first-order chi connectivity index (χ1) is 43.0. The SMILES string of the molecule is CCCCCCC/C=C\C/C=C\C/C=C\CCCCCCCCCCCCCCCCCCCCCCCCCCC(=O)OC(COC(=O)CCCCCCCCCCCCCCCCCCCCCCCCCCC)COP(=O)([O-])OCC[N+](C)(C)C. The van der Waals surface area contributed by atoms with E-state index in [0.717, 1.165) is 44.9 Å². The van der Waals surface area contributed by atoms with Crippen LogP contribution in [0.25, 0.3) is 0 Å². The van der Waals surface area contributed by atoms with Crippen molar-refractivity contribution < 1.29 is 42.1 Å². The molecular formula is C78H150NO8P. The van der Waals surface area contributed by atoms with Crippen LogP contribution in [-0.2, 0) is 32.7 Å². The topological polar surface area (TPSA) is 111 Å². The lowest BCUT2D eigenvalue weighted by Gasteiger charge is -2.28. The number of unbranched alkanes of at least 4 members (excludes halogenated alkanes) is 53. The van der Waals surface area contributed by atoms with Gasteiger partial charge < -0.3 is 27.9 Å². The molecule has 0 aromatic heterocycles. The summed E-state index contributed by atoms with van der Waals surface area (Å²) in [5.41, 5.74) is 0. The highest BCUT2D eigenvalue weighted by Gasteiger charge is 2.22. The predicted molar refractivity (Wildman–Crippen MR) is 379 cm³/mol. The highest BCUT2D eigenvalue weighted by molar-refractivity contribution is 7.45. The third-order valence-electron chi connectivity index (χ3n) is 17.7. The molecule has 9 nitrogen and oxygen atoms in total. The smallest absolute Gasteiger partial charge is 0.306 e. The van der Waals surface area contributed by atoms with E-state index in [-0.39, 0.29) is 32.0 Å². The third kappa shape index (κ3) is 73.3. The van der Waals surface area contributed by atoms with Crippen molar-refractivity contribution in [2.75, 3.05) is 47.5 Å². The van der Waals surface area contributed by atoms with Crippen LogP contribution >= 0.6 is 7.82 Å². The molecule has 520 valence electrons. The molecule has 2 unspecified atom stereocenters. The molecule has 0 heterocycles. The van der Waals surface area contributed by atoms with Gasteiger partial charge in [0.25, 0.3) is 7.82 Å². The number of rotatable bonds is 73. The number of phosphoric ester groups is 1. The Kier molecular flexibility index (Phi) is 68.2. The Labute approximate surface area is 548 Å². The minimum atomic E-state index is -4.64. The highest BCUT2D eigenvalue weighted by atomic mass is 31.2. The zero-order valence-electron chi connectivity index (χ0n) is 59.5. The van der Waals surface area contributed by atoms with Gasteiger partial charge in [-0.25, -0.2) is 0 Å². The Bertz CT molecular complexity index is 1580. The Morgan fingerprint density at radius 3 is 0.909 bits per heavy atom. The minimum absolute atomic E-state index is 0.0267. The molecule has 88 heavy (non-hydrogen) atoms. The lowest BCUT2D eigenvalue weighted by atomic mass is 10.0. The summed E-state index contributed by atoms with van der Waals surface area (Å²) in [4.78, 5) is 38.1. The highest BCUT2D eigenvalue weighted by Crippen LogP contribution is 2.38. The van der Waals surface area contributed by atoms with Gasteiger partial charge in [-0.1, -0.05) is 371 Å². The molecule has 0 aromatic carbocycles. The standard InChI is InChI=1S/C78H150NO8P/c1-6-8-10-12-14-16-18-20-22-24-26-28-30-32-33-34-35-36-37-38-39-40-41-42-43-44-45-47-49-51-53-55-57-59-61-63-65-67-69-71-78(81)87-76(75-86-88(82,83)85-73-72-79(3,4)5)74-84-77(80)70-68-66-64-62-60-58-56-54-52-50-48-46-31-29-27-25-23-21-19-17-15-13-11-9-7-2/h18,20,24,26,30,32,76H,6-17,19,21-23,25,27-29,31,33-75H2,1-5H3/b20-18-,26-24-,32-30-. The number of nitrogens with zero attached hydrogens (tertiary/aromatic N) is 1. The van der Waals surface area contributed by atoms with Crippen LogP contribution in [0.2, 0.25) is 0 Å². The lowest BCUT2D eigenvalue weighted by Crippen LogP contribution is -2.37. The Morgan fingerprint density at radius 1 is 0.352 bits per heavy atom. The molecule has 0 aliphatic heterocycles. The van der Waals surface area contributed by atoms with Crippen molar-refractivity contribution in [1.82, 2.24) is 0 Å². The van der Waals surface area contributed by atoms with Gasteiger partial charge in [-0.05, 0) is 51.4 Å². The molecule has 0 amide bonds. The van der Waals surface area contributed by atoms with Gasteiger partial charge in [-0.3, -0.25) is 14.2 Å². The van der Waals surface area contributed by atoms with Crippen LogP contribution in [0.3, 0.4) is 0 Å². The van der Waals surface area contributed by atoms with Crippen molar-refractivity contribution >= 4 is 19.8 Å². The number of carbonyl (C=O) groups is 2. The van der Waals surface area contributed by atoms with E-state index < -0.39 is 26.5 Å². The summed E-state index contributed by atoms with van der Waals surface area (Å²) in [5.74, 6) is -0.806. The first kappa shape index (κ1) is 86.2. The zero-order valence-corrected chi connectivity index (χ0v) is 60.4. The molecule has 0 bridgehead atoms. The number of quaternary nitrogens is 1. The zero-order chi connectivity index (χ0) is 64.1. The Hall–Kier alpha value is -1.77. The van der Waals surface area contributed by atoms with Crippen molar-refractivity contribution in [1.29, 1.82) is 0 Å². The lowest BCUT2D eigenvalue weighted by molar-refractivity contribution is -0.870. The van der Waals surface area contributed by atoms with Crippen LogP contribution in [-0.4, -0.2) is 70.0 Å². The van der Waals surface area contributed by atoms with Crippen molar-refractivity contribution in [3.63, 3.8) is 0 Å². The predicted octanol–water partition coefficient (Wildman–Crippen LogP) is 24.8. The van der Waals surface area contributed by atoms with Crippen LogP contribution in [0.4, 0.5) is 0 Å². The molecule has 0 radical (unpaired) electrons. The molecule has 0 spiro atoms. The second kappa shape index (κ2) is 69.6. The van der Waals surface area contributed by atoms with Gasteiger partial charge in [0.05, 0.1) is 27.7 Å². The van der Waals surface area contributed by atoms with Crippen LogP contribution in [0.1, 0.15) is 399 Å². The van der Waals surface area contributed by atoms with Crippen molar-refractivity contribution in [3.05, 3.63) is 36.5 Å². The van der Waals surface area contributed by atoms with Gasteiger partial charge in [0, 0.05) is 12.8 Å². The fourth-order valence-corrected chi connectivity index (χ4v) is 12.5. The summed E-state index contributed by atoms with van der Waals surface area (Å²) < 4.78 is 34.4. The number of hydrogen-bond acceptors (Lipinski definition) is 8. The van der Waals surface area contributed by atoms with Gasteiger partial charge in [0.2, 0.25) is 0 Å². The maximum atomic E-state index is 12.9. The molecule has 0 rings (SSSR count). The number of carbonyl (C=O) groups excluding carboxylic acids is 2. The normalized spacial score (nSPS) is 13.2. The molecular weight excluding hydrogens is 1110 g/mol. The van der Waals surface area contributed by atoms with Gasteiger partial charge in [0.15, 0.2) is 6.10 Å². The van der Waals surface area contributed by atoms with Crippen molar-refractivity contribution in [2.24, 2.45) is 0 Å². The number of phosphoric acid groups is 1. The number of esters is 2. The van der Waals surface area contributed by atoms with E-state index in [2.05, 4.69) is 50.3 Å². The van der Waals surface area contributed by atoms with Crippen LogP contribution in [0.5, 0.6) is 0 Å². The van der Waals surface area contributed by atoms with Crippen LogP contribution in [0, 0.1) is 0 Å². The second-order valence-electron chi connectivity index (χ2n) is 27.7. The van der Waals surface area contributed by atoms with Gasteiger partial charge >= 0.3 is 11.9 Å². The molecule has 0 aliphatic rings. The molecule has 0 saturated carbocycles. The number of ether oxygens (including phenoxy) is 2. The Morgan fingerprint density at radius 2 is 0.614 bits per heavy atom. The average molecular weight is 1260 g/mol. The largest absolute Gasteiger partial charge is 0.756 e. The van der Waals surface area contributed by atoms with E-state index in [1.807, 2.05) is 21.1 Å². The second-order valence-corrected chi connectivity index (χ2v) is 29.1. The number of likely N-dealkylation sites (N-methyl/N-ethyl adjacent to an activating group) is 1. The molecule has 0 fully saturated rings. The van der Waals surface area contributed by atoms with Crippen LogP contribution in [0.15, 0.2) is 36.5 Å². The number of hydrogen-bond donors (Lipinski definition) is 0. The molecule has 0 N–H and O–H groups in total. The third-order valence-corrected chi connectivity index (χ3v) is 18.6. The molecule has 0 aliphatic carbocycles. The van der Waals surface area contributed by atoms with E-state index in [1.54, 1.807) is 0 Å². The maximum absolute atomic E-state index is 12.9. The summed E-state index contributed by atoms with van der Waals surface area (Å²) in [7, 11) is 1.19. The van der Waals surface area contributed by atoms with Gasteiger partial charge in [0.1, 0.15) is 19.8 Å². The summed E-state index contributed by atoms with van der Waals surface area (Å²) in [6.45, 7) is 4.31. The maximum Gasteiger partial charge on any atom is 0.306 e. The summed E-state index contributed by atoms with van der Waals surface area (Å²) in [6.07, 6.45) is 89.8. The summed E-state index contributed by atoms with van der Waals surface area (Å²) in [6, 6.07) is 0. The summed E-state index contributed by atoms with van der Waals surface area (Å²) >= 11 is 0. The molecule has 2 atom stereocenters. The van der Waals surface area contributed by atoms with E-state index in [1.165, 1.54) is 321 Å². The van der Waals surface area contributed by atoms with Crippen LogP contribution < -0.4 is 4.89 Å².